The van der Waals surface area contributed by atoms with Crippen molar-refractivity contribution in [2.75, 3.05) is 0 Å². The number of aliphatic hydroxyl groups is 1. The first-order chi connectivity index (χ1) is 5.54. The summed E-state index contributed by atoms with van der Waals surface area (Å²) in [5.74, 6) is -0.295. The Balaban J connectivity index is 3.33. The van der Waals surface area contributed by atoms with Crippen LogP contribution in [0.4, 0.5) is 4.39 Å². The summed E-state index contributed by atoms with van der Waals surface area (Å²) in [5.41, 5.74) is 0.974. The quantitative estimate of drug-likeness (QED) is 0.784. The molecule has 66 valence electrons. The van der Waals surface area contributed by atoms with E-state index in [0.717, 1.165) is 3.57 Å². The minimum Gasteiger partial charge on any atom is -0.389 e. The molecule has 0 aliphatic rings. The monoisotopic (exact) mass is 280 g/mol. The van der Waals surface area contributed by atoms with E-state index < -0.39 is 6.10 Å². The average molecular weight is 280 g/mol. The van der Waals surface area contributed by atoms with Gasteiger partial charge in [-0.1, -0.05) is 6.07 Å². The van der Waals surface area contributed by atoms with Gasteiger partial charge < -0.3 is 5.11 Å². The number of hydrogen-bond acceptors (Lipinski definition) is 1. The number of hydrogen-bond donors (Lipinski definition) is 1. The van der Waals surface area contributed by atoms with E-state index in [9.17, 15) is 9.50 Å². The van der Waals surface area contributed by atoms with Gasteiger partial charge in [-0.15, -0.1) is 0 Å². The second kappa shape index (κ2) is 3.70. The predicted molar refractivity (Wildman–Crippen MR) is 54.5 cm³/mol. The van der Waals surface area contributed by atoms with Crippen LogP contribution in [0.3, 0.4) is 0 Å². The van der Waals surface area contributed by atoms with Gasteiger partial charge in [0.15, 0.2) is 0 Å². The fourth-order valence-corrected chi connectivity index (χ4v) is 1.93. The van der Waals surface area contributed by atoms with Crippen LogP contribution in [0.25, 0.3) is 0 Å². The van der Waals surface area contributed by atoms with Crippen LogP contribution in [0, 0.1) is 16.3 Å². The fraction of sp³-hybridized carbons (Fsp3) is 0.333. The number of aryl methyl sites for hydroxylation is 1. The van der Waals surface area contributed by atoms with Crippen molar-refractivity contribution in [2.24, 2.45) is 0 Å². The Kier molecular flexibility index (Phi) is 3.06. The lowest BCUT2D eigenvalue weighted by atomic mass is 10.1. The third-order valence-electron chi connectivity index (χ3n) is 1.74. The molecule has 1 N–H and O–H groups in total. The van der Waals surface area contributed by atoms with Gasteiger partial charge in [0.1, 0.15) is 5.82 Å². The Hall–Kier alpha value is -0.160. The standard InChI is InChI=1S/C9H10FIO/c1-5-3-4-7(11)8(6(2)12)9(5)10/h3-4,6,12H,1-2H3. The summed E-state index contributed by atoms with van der Waals surface area (Å²) in [7, 11) is 0. The highest BCUT2D eigenvalue weighted by molar-refractivity contribution is 14.1. The Morgan fingerprint density at radius 1 is 1.50 bits per heavy atom. The second-order valence-corrected chi connectivity index (χ2v) is 3.93. The van der Waals surface area contributed by atoms with Crippen LogP contribution in [0.5, 0.6) is 0 Å². The lowest BCUT2D eigenvalue weighted by Crippen LogP contribution is -2.01. The van der Waals surface area contributed by atoms with Crippen molar-refractivity contribution < 1.29 is 9.50 Å². The van der Waals surface area contributed by atoms with Crippen molar-refractivity contribution in [3.05, 3.63) is 32.6 Å². The minimum absolute atomic E-state index is 0.295. The summed E-state index contributed by atoms with van der Waals surface area (Å²) in [5, 5.41) is 9.27. The molecule has 1 rings (SSSR count). The third kappa shape index (κ3) is 1.77. The van der Waals surface area contributed by atoms with Gasteiger partial charge in [0.2, 0.25) is 0 Å². The van der Waals surface area contributed by atoms with Crippen molar-refractivity contribution in [1.29, 1.82) is 0 Å². The molecule has 0 spiro atoms. The minimum atomic E-state index is -0.739. The molecule has 0 radical (unpaired) electrons. The lowest BCUT2D eigenvalue weighted by molar-refractivity contribution is 0.193. The lowest BCUT2D eigenvalue weighted by Gasteiger charge is -2.10. The van der Waals surface area contributed by atoms with Crippen LogP contribution in [0.2, 0.25) is 0 Å². The molecule has 1 atom stereocenters. The van der Waals surface area contributed by atoms with Crippen molar-refractivity contribution in [1.82, 2.24) is 0 Å². The topological polar surface area (TPSA) is 20.2 Å². The van der Waals surface area contributed by atoms with Gasteiger partial charge >= 0.3 is 0 Å². The molecule has 0 saturated heterocycles. The first kappa shape index (κ1) is 9.92. The molecular formula is C9H10FIO. The number of benzene rings is 1. The van der Waals surface area contributed by atoms with Crippen LogP contribution < -0.4 is 0 Å². The molecule has 1 nitrogen and oxygen atoms in total. The van der Waals surface area contributed by atoms with E-state index in [2.05, 4.69) is 0 Å². The molecule has 12 heavy (non-hydrogen) atoms. The Labute approximate surface area is 84.7 Å². The van der Waals surface area contributed by atoms with E-state index in [4.69, 9.17) is 0 Å². The molecule has 0 bridgehead atoms. The van der Waals surface area contributed by atoms with Gasteiger partial charge in [-0.05, 0) is 48.1 Å². The molecule has 0 aromatic heterocycles. The zero-order valence-corrected chi connectivity index (χ0v) is 9.09. The highest BCUT2D eigenvalue weighted by atomic mass is 127. The van der Waals surface area contributed by atoms with Gasteiger partial charge in [0.05, 0.1) is 6.10 Å². The van der Waals surface area contributed by atoms with Crippen LogP contribution in [0.15, 0.2) is 12.1 Å². The second-order valence-electron chi connectivity index (χ2n) is 2.77. The zero-order chi connectivity index (χ0) is 9.30. The molecule has 3 heteroatoms. The van der Waals surface area contributed by atoms with E-state index in [0.29, 0.717) is 11.1 Å². The van der Waals surface area contributed by atoms with E-state index in [1.165, 1.54) is 0 Å². The smallest absolute Gasteiger partial charge is 0.132 e. The van der Waals surface area contributed by atoms with Crippen molar-refractivity contribution in [3.8, 4) is 0 Å². The summed E-state index contributed by atoms with van der Waals surface area (Å²) in [4.78, 5) is 0. The number of aliphatic hydroxyl groups excluding tert-OH is 1. The normalized spacial score (nSPS) is 13.1. The van der Waals surface area contributed by atoms with Crippen LogP contribution >= 0.6 is 22.6 Å². The molecule has 0 amide bonds. The fourth-order valence-electron chi connectivity index (χ4n) is 1.06. The highest BCUT2D eigenvalue weighted by Crippen LogP contribution is 2.24. The first-order valence-electron chi connectivity index (χ1n) is 3.66. The first-order valence-corrected chi connectivity index (χ1v) is 4.74. The van der Waals surface area contributed by atoms with E-state index in [1.807, 2.05) is 22.6 Å². The molecular weight excluding hydrogens is 270 g/mol. The van der Waals surface area contributed by atoms with Gasteiger partial charge in [-0.3, -0.25) is 0 Å². The van der Waals surface area contributed by atoms with E-state index >= 15 is 0 Å². The Morgan fingerprint density at radius 3 is 2.50 bits per heavy atom. The maximum absolute atomic E-state index is 13.3. The maximum atomic E-state index is 13.3. The number of rotatable bonds is 1. The van der Waals surface area contributed by atoms with Crippen molar-refractivity contribution in [2.45, 2.75) is 20.0 Å². The zero-order valence-electron chi connectivity index (χ0n) is 6.94. The summed E-state index contributed by atoms with van der Waals surface area (Å²) >= 11 is 2.02. The third-order valence-corrected chi connectivity index (χ3v) is 2.68. The van der Waals surface area contributed by atoms with Gasteiger partial charge in [0, 0.05) is 9.13 Å². The highest BCUT2D eigenvalue weighted by Gasteiger charge is 2.13. The Morgan fingerprint density at radius 2 is 2.08 bits per heavy atom. The van der Waals surface area contributed by atoms with Gasteiger partial charge in [0.25, 0.3) is 0 Å². The molecule has 1 aromatic carbocycles. The van der Waals surface area contributed by atoms with Crippen LogP contribution in [0.1, 0.15) is 24.2 Å². The predicted octanol–water partition coefficient (Wildman–Crippen LogP) is 2.79. The van der Waals surface area contributed by atoms with Crippen molar-refractivity contribution in [3.63, 3.8) is 0 Å². The summed E-state index contributed by atoms with van der Waals surface area (Å²) in [6, 6.07) is 3.52. The average Bonchev–Trinajstić information content (AvgIpc) is 1.97. The van der Waals surface area contributed by atoms with Crippen molar-refractivity contribution >= 4 is 22.6 Å². The molecule has 1 aromatic rings. The number of halogens is 2. The molecule has 0 aliphatic carbocycles. The van der Waals surface area contributed by atoms with Gasteiger partial charge in [-0.25, -0.2) is 4.39 Å². The van der Waals surface area contributed by atoms with E-state index in [-0.39, 0.29) is 5.82 Å². The van der Waals surface area contributed by atoms with Gasteiger partial charge in [-0.2, -0.15) is 0 Å². The summed E-state index contributed by atoms with van der Waals surface area (Å²) in [6.45, 7) is 3.26. The molecule has 0 fully saturated rings. The molecule has 0 heterocycles. The largest absolute Gasteiger partial charge is 0.389 e. The Bertz CT molecular complexity index is 297. The van der Waals surface area contributed by atoms with E-state index in [1.54, 1.807) is 26.0 Å². The van der Waals surface area contributed by atoms with Crippen LogP contribution in [-0.4, -0.2) is 5.11 Å². The summed E-state index contributed by atoms with van der Waals surface area (Å²) in [6.07, 6.45) is -0.739. The molecule has 1 unspecified atom stereocenters. The van der Waals surface area contributed by atoms with Crippen LogP contribution in [-0.2, 0) is 0 Å². The molecule has 0 saturated carbocycles. The molecule has 0 aliphatic heterocycles. The maximum Gasteiger partial charge on any atom is 0.132 e. The summed E-state index contributed by atoms with van der Waals surface area (Å²) < 4.78 is 14.1. The SMILES string of the molecule is Cc1ccc(I)c(C(C)O)c1F.